The topological polar surface area (TPSA) is 106 Å². The zero-order valence-electron chi connectivity index (χ0n) is 19.4. The molecule has 0 aliphatic carbocycles. The number of hydrogen-bond acceptors (Lipinski definition) is 8. The van der Waals surface area contributed by atoms with Crippen LogP contribution in [0.4, 0.5) is 11.8 Å². The number of aliphatic hydroxyl groups excluding tert-OH is 1. The van der Waals surface area contributed by atoms with Crippen LogP contribution in [0.2, 0.25) is 0 Å². The monoisotopic (exact) mass is 431 g/mol. The molecule has 0 unspecified atom stereocenters. The lowest BCUT2D eigenvalue weighted by Crippen LogP contribution is -2.25. The van der Waals surface area contributed by atoms with Gasteiger partial charge < -0.3 is 30.5 Å². The second-order valence-electron chi connectivity index (χ2n) is 7.96. The first-order valence-electron chi connectivity index (χ1n) is 10.8. The molecule has 8 nitrogen and oxygen atoms in total. The lowest BCUT2D eigenvalue weighted by molar-refractivity contribution is 0.268. The fourth-order valence-corrected chi connectivity index (χ4v) is 3.42. The predicted octanol–water partition coefficient (Wildman–Crippen LogP) is 2.87. The average molecular weight is 432 g/mol. The van der Waals surface area contributed by atoms with Gasteiger partial charge in [-0.05, 0) is 45.5 Å². The van der Waals surface area contributed by atoms with E-state index in [0.717, 1.165) is 54.1 Å². The number of rotatable bonds is 13. The quantitative estimate of drug-likeness (QED) is 0.416. The lowest BCUT2D eigenvalue weighted by atomic mass is 10.0. The molecule has 172 valence electrons. The summed E-state index contributed by atoms with van der Waals surface area (Å²) in [5, 5.41) is 13.0. The Kier molecular flexibility index (Phi) is 9.81. The number of aryl methyl sites for hydroxylation is 1. The van der Waals surface area contributed by atoms with E-state index in [1.165, 1.54) is 0 Å². The van der Waals surface area contributed by atoms with Gasteiger partial charge in [0, 0.05) is 30.3 Å². The maximum atomic E-state index is 9.70. The van der Waals surface area contributed by atoms with E-state index in [1.54, 1.807) is 7.11 Å². The van der Waals surface area contributed by atoms with Crippen LogP contribution < -0.4 is 20.5 Å². The molecule has 0 radical (unpaired) electrons. The molecule has 1 aromatic carbocycles. The van der Waals surface area contributed by atoms with Gasteiger partial charge in [-0.2, -0.15) is 4.98 Å². The molecule has 0 fully saturated rings. The van der Waals surface area contributed by atoms with Gasteiger partial charge in [0.2, 0.25) is 5.95 Å². The van der Waals surface area contributed by atoms with E-state index in [4.69, 9.17) is 15.2 Å². The van der Waals surface area contributed by atoms with Crippen LogP contribution in [0.5, 0.6) is 11.5 Å². The normalized spacial score (nSPS) is 12.1. The second-order valence-corrected chi connectivity index (χ2v) is 7.96. The van der Waals surface area contributed by atoms with Crippen molar-refractivity contribution in [2.24, 2.45) is 0 Å². The van der Waals surface area contributed by atoms with Crippen LogP contribution in [0.3, 0.4) is 0 Å². The van der Waals surface area contributed by atoms with Crippen molar-refractivity contribution < 1.29 is 14.6 Å². The summed E-state index contributed by atoms with van der Waals surface area (Å²) in [4.78, 5) is 10.9. The summed E-state index contributed by atoms with van der Waals surface area (Å²) in [7, 11) is 5.76. The molecule has 0 spiro atoms. The van der Waals surface area contributed by atoms with Gasteiger partial charge in [0.25, 0.3) is 0 Å². The van der Waals surface area contributed by atoms with Crippen LogP contribution in [0.15, 0.2) is 18.2 Å². The summed E-state index contributed by atoms with van der Waals surface area (Å²) < 4.78 is 11.5. The number of nitrogens with zero attached hydrogens (tertiary/aromatic N) is 3. The van der Waals surface area contributed by atoms with Crippen molar-refractivity contribution in [1.29, 1.82) is 0 Å². The Bertz CT molecular complexity index is 829. The smallest absolute Gasteiger partial charge is 0.222 e. The van der Waals surface area contributed by atoms with E-state index in [9.17, 15) is 5.11 Å². The molecule has 0 bridgehead atoms. The summed E-state index contributed by atoms with van der Waals surface area (Å²) in [5.41, 5.74) is 8.63. The molecule has 1 atom stereocenters. The van der Waals surface area contributed by atoms with Crippen molar-refractivity contribution in [1.82, 2.24) is 14.9 Å². The summed E-state index contributed by atoms with van der Waals surface area (Å²) in [6, 6.07) is 5.80. The van der Waals surface area contributed by atoms with Crippen LogP contribution in [-0.4, -0.2) is 67.0 Å². The standard InChI is InChI=1S/C23H37N5O3/c1-6-8-18(15-29)26-22-20(16(2)25-23(24)27-22)13-17-9-10-19(14-21(17)30-5)31-12-7-11-28(3)4/h9-10,14,18,29H,6-8,11-13,15H2,1-5H3,(H3,24,25,26,27)/t18-/m0/s1. The highest BCUT2D eigenvalue weighted by atomic mass is 16.5. The van der Waals surface area contributed by atoms with E-state index in [-0.39, 0.29) is 18.6 Å². The van der Waals surface area contributed by atoms with Crippen molar-refractivity contribution in [2.75, 3.05) is 52.0 Å². The number of ether oxygens (including phenoxy) is 2. The maximum Gasteiger partial charge on any atom is 0.222 e. The van der Waals surface area contributed by atoms with Gasteiger partial charge in [-0.25, -0.2) is 4.98 Å². The molecular weight excluding hydrogens is 394 g/mol. The molecule has 2 rings (SSSR count). The molecule has 0 aliphatic heterocycles. The van der Waals surface area contributed by atoms with Crippen LogP contribution in [0.25, 0.3) is 0 Å². The van der Waals surface area contributed by atoms with Gasteiger partial charge in [0.05, 0.1) is 26.4 Å². The number of nitrogens with two attached hydrogens (primary N) is 1. The molecule has 0 saturated heterocycles. The first-order valence-corrected chi connectivity index (χ1v) is 10.8. The molecule has 1 heterocycles. The highest BCUT2D eigenvalue weighted by molar-refractivity contribution is 5.54. The number of benzene rings is 1. The van der Waals surface area contributed by atoms with Gasteiger partial charge in [0.1, 0.15) is 17.3 Å². The molecular formula is C23H37N5O3. The second kappa shape index (κ2) is 12.3. The number of aliphatic hydroxyl groups is 1. The number of hydrogen-bond donors (Lipinski definition) is 3. The SMILES string of the molecule is CCC[C@@H](CO)Nc1nc(N)nc(C)c1Cc1ccc(OCCCN(C)C)cc1OC. The van der Waals surface area contributed by atoms with Gasteiger partial charge in [-0.1, -0.05) is 19.4 Å². The molecule has 1 aromatic heterocycles. The van der Waals surface area contributed by atoms with Crippen LogP contribution in [0, 0.1) is 6.92 Å². The molecule has 0 saturated carbocycles. The summed E-state index contributed by atoms with van der Waals surface area (Å²) in [6.45, 7) is 5.66. The zero-order chi connectivity index (χ0) is 22.8. The number of nitrogen functional groups attached to an aromatic ring is 1. The molecule has 0 aliphatic rings. The van der Waals surface area contributed by atoms with Crippen molar-refractivity contribution in [3.05, 3.63) is 35.0 Å². The number of aromatic nitrogens is 2. The highest BCUT2D eigenvalue weighted by Crippen LogP contribution is 2.30. The van der Waals surface area contributed by atoms with Crippen molar-refractivity contribution in [3.8, 4) is 11.5 Å². The number of nitrogens with one attached hydrogen (secondary N) is 1. The minimum Gasteiger partial charge on any atom is -0.496 e. The first kappa shape index (κ1) is 24.7. The summed E-state index contributed by atoms with van der Waals surface area (Å²) >= 11 is 0. The molecule has 0 amide bonds. The molecule has 8 heteroatoms. The minimum atomic E-state index is -0.0858. The average Bonchev–Trinajstić information content (AvgIpc) is 2.73. The maximum absolute atomic E-state index is 9.70. The Morgan fingerprint density at radius 2 is 2.03 bits per heavy atom. The Balaban J connectivity index is 2.22. The van der Waals surface area contributed by atoms with Crippen LogP contribution >= 0.6 is 0 Å². The summed E-state index contributed by atoms with van der Waals surface area (Å²) in [6.07, 6.45) is 3.32. The Morgan fingerprint density at radius 1 is 1.26 bits per heavy atom. The lowest BCUT2D eigenvalue weighted by Gasteiger charge is -2.20. The third-order valence-corrected chi connectivity index (χ3v) is 5.07. The Labute approximate surface area is 185 Å². The highest BCUT2D eigenvalue weighted by Gasteiger charge is 2.17. The van der Waals surface area contributed by atoms with Crippen molar-refractivity contribution in [3.63, 3.8) is 0 Å². The first-order chi connectivity index (χ1) is 14.9. The molecule has 31 heavy (non-hydrogen) atoms. The van der Waals surface area contributed by atoms with Gasteiger partial charge in [-0.3, -0.25) is 0 Å². The fourth-order valence-electron chi connectivity index (χ4n) is 3.42. The van der Waals surface area contributed by atoms with Gasteiger partial charge in [0.15, 0.2) is 0 Å². The van der Waals surface area contributed by atoms with E-state index < -0.39 is 0 Å². The zero-order valence-corrected chi connectivity index (χ0v) is 19.4. The minimum absolute atomic E-state index is 0.0272. The summed E-state index contributed by atoms with van der Waals surface area (Å²) in [5.74, 6) is 2.40. The molecule has 4 N–H and O–H groups in total. The Morgan fingerprint density at radius 3 is 2.68 bits per heavy atom. The largest absolute Gasteiger partial charge is 0.496 e. The van der Waals surface area contributed by atoms with Crippen molar-refractivity contribution >= 4 is 11.8 Å². The number of methoxy groups -OCH3 is 1. The number of anilines is 2. The van der Waals surface area contributed by atoms with E-state index in [0.29, 0.717) is 18.8 Å². The van der Waals surface area contributed by atoms with Crippen LogP contribution in [-0.2, 0) is 6.42 Å². The van der Waals surface area contributed by atoms with Crippen molar-refractivity contribution in [2.45, 2.75) is 45.6 Å². The predicted molar refractivity (Wildman–Crippen MR) is 125 cm³/mol. The van der Waals surface area contributed by atoms with E-state index >= 15 is 0 Å². The van der Waals surface area contributed by atoms with E-state index in [1.807, 2.05) is 25.1 Å². The molecule has 2 aromatic rings. The van der Waals surface area contributed by atoms with Gasteiger partial charge >= 0.3 is 0 Å². The fraction of sp³-hybridized carbons (Fsp3) is 0.565. The van der Waals surface area contributed by atoms with Gasteiger partial charge in [-0.15, -0.1) is 0 Å². The Hall–Kier alpha value is -2.58. The van der Waals surface area contributed by atoms with Crippen LogP contribution in [0.1, 0.15) is 43.0 Å². The third-order valence-electron chi connectivity index (χ3n) is 5.07. The third kappa shape index (κ3) is 7.56. The van der Waals surface area contributed by atoms with E-state index in [2.05, 4.69) is 41.2 Å².